The normalized spacial score (nSPS) is 21.0. The summed E-state index contributed by atoms with van der Waals surface area (Å²) in [7, 11) is 0. The van der Waals surface area contributed by atoms with Crippen molar-refractivity contribution >= 4 is 21.8 Å². The molecule has 15 heavy (non-hydrogen) atoms. The van der Waals surface area contributed by atoms with E-state index < -0.39 is 0 Å². The van der Waals surface area contributed by atoms with Crippen LogP contribution in [0.5, 0.6) is 0 Å². The van der Waals surface area contributed by atoms with Crippen LogP contribution in [-0.2, 0) is 11.3 Å². The summed E-state index contributed by atoms with van der Waals surface area (Å²) in [5.74, 6) is 0.768. The lowest BCUT2D eigenvalue weighted by Crippen LogP contribution is -2.24. The van der Waals surface area contributed by atoms with Crippen LogP contribution >= 0.6 is 15.9 Å². The summed E-state index contributed by atoms with van der Waals surface area (Å²) in [4.78, 5) is 13.6. The van der Waals surface area contributed by atoms with Gasteiger partial charge in [-0.25, -0.2) is 0 Å². The first-order chi connectivity index (χ1) is 7.29. The molecule has 1 atom stereocenters. The highest BCUT2D eigenvalue weighted by Crippen LogP contribution is 2.21. The van der Waals surface area contributed by atoms with Crippen LogP contribution in [0, 0.1) is 5.92 Å². The number of hydrogen-bond donors (Lipinski definition) is 0. The van der Waals surface area contributed by atoms with E-state index in [0.29, 0.717) is 12.3 Å². The Bertz CT molecular complexity index is 339. The minimum Gasteiger partial charge on any atom is -0.338 e. The van der Waals surface area contributed by atoms with Crippen molar-refractivity contribution in [2.75, 3.05) is 11.9 Å². The smallest absolute Gasteiger partial charge is 0.223 e. The van der Waals surface area contributed by atoms with E-state index >= 15 is 0 Å². The molecule has 0 N–H and O–H groups in total. The molecule has 1 aliphatic rings. The number of benzene rings is 1. The van der Waals surface area contributed by atoms with Crippen molar-refractivity contribution in [1.29, 1.82) is 0 Å². The molecule has 0 aliphatic carbocycles. The van der Waals surface area contributed by atoms with Crippen LogP contribution in [0.1, 0.15) is 12.0 Å². The molecule has 2 nitrogen and oxygen atoms in total. The lowest BCUT2D eigenvalue weighted by Gasteiger charge is -2.16. The Kier molecular flexibility index (Phi) is 3.41. The summed E-state index contributed by atoms with van der Waals surface area (Å²) in [6.45, 7) is 1.64. The van der Waals surface area contributed by atoms with Gasteiger partial charge in [0.2, 0.25) is 5.91 Å². The predicted octanol–water partition coefficient (Wildman–Crippen LogP) is 2.43. The minimum atomic E-state index is 0.281. The molecule has 1 aliphatic heterocycles. The number of carbonyl (C=O) groups is 1. The SMILES string of the molecule is O=C1CC(CBr)CN1Cc1ccccc1. The fraction of sp³-hybridized carbons (Fsp3) is 0.417. The number of halogens is 1. The number of alkyl halides is 1. The molecule has 2 rings (SSSR count). The Morgan fingerprint density at radius 3 is 2.67 bits per heavy atom. The van der Waals surface area contributed by atoms with E-state index in [1.54, 1.807) is 0 Å². The molecule has 1 heterocycles. The maximum Gasteiger partial charge on any atom is 0.223 e. The highest BCUT2D eigenvalue weighted by Gasteiger charge is 2.28. The Morgan fingerprint density at radius 1 is 1.33 bits per heavy atom. The molecule has 1 amide bonds. The molecule has 1 aromatic carbocycles. The van der Waals surface area contributed by atoms with Gasteiger partial charge in [-0.1, -0.05) is 46.3 Å². The number of hydrogen-bond acceptors (Lipinski definition) is 1. The third kappa shape index (κ3) is 2.59. The molecule has 0 saturated carbocycles. The second kappa shape index (κ2) is 4.79. The average molecular weight is 268 g/mol. The Balaban J connectivity index is 1.99. The van der Waals surface area contributed by atoms with Crippen molar-refractivity contribution in [2.24, 2.45) is 5.92 Å². The predicted molar refractivity (Wildman–Crippen MR) is 63.8 cm³/mol. The monoisotopic (exact) mass is 267 g/mol. The van der Waals surface area contributed by atoms with Gasteiger partial charge in [-0.05, 0) is 11.5 Å². The van der Waals surface area contributed by atoms with Crippen LogP contribution in [0.4, 0.5) is 0 Å². The van der Waals surface area contributed by atoms with Gasteiger partial charge in [0.25, 0.3) is 0 Å². The standard InChI is InChI=1S/C12H14BrNO/c13-7-11-6-12(15)14(9-11)8-10-4-2-1-3-5-10/h1-5,11H,6-9H2. The molecule has 1 unspecified atom stereocenters. The molecule has 0 bridgehead atoms. The molecule has 0 radical (unpaired) electrons. The van der Waals surface area contributed by atoms with Gasteiger partial charge in [-0.2, -0.15) is 0 Å². The number of likely N-dealkylation sites (tertiary alicyclic amines) is 1. The summed E-state index contributed by atoms with van der Waals surface area (Å²) in [5, 5.41) is 0.921. The first kappa shape index (κ1) is 10.7. The van der Waals surface area contributed by atoms with Crippen LogP contribution in [0.3, 0.4) is 0 Å². The average Bonchev–Trinajstić information content (AvgIpc) is 2.61. The van der Waals surface area contributed by atoms with E-state index in [-0.39, 0.29) is 5.91 Å². The Hall–Kier alpha value is -0.830. The highest BCUT2D eigenvalue weighted by atomic mass is 79.9. The van der Waals surface area contributed by atoms with Gasteiger partial charge in [-0.15, -0.1) is 0 Å². The zero-order valence-electron chi connectivity index (χ0n) is 8.53. The highest BCUT2D eigenvalue weighted by molar-refractivity contribution is 9.09. The summed E-state index contributed by atoms with van der Waals surface area (Å²) in [6.07, 6.45) is 0.693. The van der Waals surface area contributed by atoms with Gasteiger partial charge < -0.3 is 4.90 Å². The first-order valence-corrected chi connectivity index (χ1v) is 6.29. The maximum absolute atomic E-state index is 11.7. The zero-order chi connectivity index (χ0) is 10.7. The van der Waals surface area contributed by atoms with Crippen molar-refractivity contribution in [3.05, 3.63) is 35.9 Å². The van der Waals surface area contributed by atoms with Crippen molar-refractivity contribution in [1.82, 2.24) is 4.90 Å². The van der Waals surface area contributed by atoms with Crippen LogP contribution in [0.15, 0.2) is 30.3 Å². The second-order valence-electron chi connectivity index (χ2n) is 3.98. The first-order valence-electron chi connectivity index (χ1n) is 5.17. The van der Waals surface area contributed by atoms with E-state index in [0.717, 1.165) is 18.4 Å². The molecular weight excluding hydrogens is 254 g/mol. The fourth-order valence-electron chi connectivity index (χ4n) is 1.91. The molecule has 0 spiro atoms. The Morgan fingerprint density at radius 2 is 2.07 bits per heavy atom. The summed E-state index contributed by atoms with van der Waals surface area (Å²) < 4.78 is 0. The molecule has 1 fully saturated rings. The summed E-state index contributed by atoms with van der Waals surface area (Å²) in [5.41, 5.74) is 1.21. The topological polar surface area (TPSA) is 20.3 Å². The van der Waals surface area contributed by atoms with E-state index in [9.17, 15) is 4.79 Å². The third-order valence-corrected chi connectivity index (χ3v) is 3.64. The zero-order valence-corrected chi connectivity index (χ0v) is 10.1. The van der Waals surface area contributed by atoms with Crippen molar-refractivity contribution in [2.45, 2.75) is 13.0 Å². The number of amides is 1. The fourth-order valence-corrected chi connectivity index (χ4v) is 2.35. The third-order valence-electron chi connectivity index (χ3n) is 2.73. The molecule has 3 heteroatoms. The van der Waals surface area contributed by atoms with Crippen LogP contribution in [-0.4, -0.2) is 22.7 Å². The van der Waals surface area contributed by atoms with Crippen LogP contribution in [0.25, 0.3) is 0 Å². The number of carbonyl (C=O) groups excluding carboxylic acids is 1. The van der Waals surface area contributed by atoms with E-state index in [1.165, 1.54) is 5.56 Å². The second-order valence-corrected chi connectivity index (χ2v) is 4.63. The molecule has 80 valence electrons. The Labute approximate surface area is 98.4 Å². The quantitative estimate of drug-likeness (QED) is 0.771. The van der Waals surface area contributed by atoms with Gasteiger partial charge in [0.1, 0.15) is 0 Å². The van der Waals surface area contributed by atoms with E-state index in [1.807, 2.05) is 23.1 Å². The van der Waals surface area contributed by atoms with Crippen LogP contribution in [0.2, 0.25) is 0 Å². The molecular formula is C12H14BrNO. The van der Waals surface area contributed by atoms with Crippen molar-refractivity contribution in [3.8, 4) is 0 Å². The van der Waals surface area contributed by atoms with Gasteiger partial charge in [-0.3, -0.25) is 4.79 Å². The lowest BCUT2D eigenvalue weighted by atomic mass is 10.2. The molecule has 1 saturated heterocycles. The number of nitrogens with zero attached hydrogens (tertiary/aromatic N) is 1. The molecule has 0 aromatic heterocycles. The van der Waals surface area contributed by atoms with Gasteiger partial charge in [0, 0.05) is 24.8 Å². The van der Waals surface area contributed by atoms with Gasteiger partial charge >= 0.3 is 0 Å². The summed E-state index contributed by atoms with van der Waals surface area (Å²) >= 11 is 3.44. The van der Waals surface area contributed by atoms with E-state index in [4.69, 9.17) is 0 Å². The largest absolute Gasteiger partial charge is 0.338 e. The van der Waals surface area contributed by atoms with Gasteiger partial charge in [0.05, 0.1) is 0 Å². The van der Waals surface area contributed by atoms with E-state index in [2.05, 4.69) is 28.1 Å². The summed E-state index contributed by atoms with van der Waals surface area (Å²) in [6, 6.07) is 10.1. The van der Waals surface area contributed by atoms with Crippen LogP contribution < -0.4 is 0 Å². The molecule has 1 aromatic rings. The van der Waals surface area contributed by atoms with Crippen molar-refractivity contribution < 1.29 is 4.79 Å². The maximum atomic E-state index is 11.7. The van der Waals surface area contributed by atoms with Gasteiger partial charge in [0.15, 0.2) is 0 Å². The lowest BCUT2D eigenvalue weighted by molar-refractivity contribution is -0.128. The number of rotatable bonds is 3. The van der Waals surface area contributed by atoms with Crippen molar-refractivity contribution in [3.63, 3.8) is 0 Å². The minimum absolute atomic E-state index is 0.281.